The number of carbonyl (C=O) groups is 1. The van der Waals surface area contributed by atoms with Crippen LogP contribution in [0.4, 0.5) is 0 Å². The number of oxime groups is 1. The summed E-state index contributed by atoms with van der Waals surface area (Å²) in [4.78, 5) is 19.0. The summed E-state index contributed by atoms with van der Waals surface area (Å²) in [5, 5.41) is 12.5. The van der Waals surface area contributed by atoms with Crippen LogP contribution in [0.3, 0.4) is 0 Å². The fourth-order valence-corrected chi connectivity index (χ4v) is 3.73. The molecule has 4 rings (SSSR count). The second-order valence-electron chi connectivity index (χ2n) is 5.62. The maximum absolute atomic E-state index is 13.0. The number of nitrogens with zero attached hydrogens (tertiary/aromatic N) is 4. The van der Waals surface area contributed by atoms with Gasteiger partial charge in [-0.3, -0.25) is 9.36 Å². The quantitative estimate of drug-likeness (QED) is 0.361. The average Bonchev–Trinajstić information content (AvgIpc) is 3.17. The summed E-state index contributed by atoms with van der Waals surface area (Å²) in [7, 11) is 0. The molecule has 2 aliphatic rings. The first-order chi connectivity index (χ1) is 11.1. The van der Waals surface area contributed by atoms with E-state index in [1.165, 1.54) is 0 Å². The molecule has 1 aromatic heterocycles. The highest BCUT2D eigenvalue weighted by molar-refractivity contribution is 6.34. The number of aromatic nitrogens is 2. The zero-order chi connectivity index (χ0) is 16.1. The number of imidazole rings is 1. The molecule has 2 aliphatic heterocycles. The van der Waals surface area contributed by atoms with Gasteiger partial charge in [-0.05, 0) is 25.0 Å². The van der Waals surface area contributed by atoms with Crippen molar-refractivity contribution in [1.29, 1.82) is 0 Å². The van der Waals surface area contributed by atoms with Crippen LogP contribution in [0.2, 0.25) is 5.02 Å². The zero-order valence-corrected chi connectivity index (χ0v) is 12.9. The Bertz CT molecular complexity index is 844. The lowest BCUT2D eigenvalue weighted by Gasteiger charge is -2.23. The number of benzene rings is 1. The fourth-order valence-electron chi connectivity index (χ4n) is 3.48. The molecule has 1 unspecified atom stereocenters. The maximum atomic E-state index is 13.0. The smallest absolute Gasteiger partial charge is 0.258 e. The number of nitrogens with two attached hydrogens (primary N) is 1. The molecule has 1 aromatic carbocycles. The molecule has 0 saturated carbocycles. The number of halogens is 1. The van der Waals surface area contributed by atoms with Gasteiger partial charge in [0.1, 0.15) is 12.0 Å². The van der Waals surface area contributed by atoms with Crippen LogP contribution >= 0.6 is 11.6 Å². The molecule has 0 spiro atoms. The first-order valence-electron chi connectivity index (χ1n) is 7.28. The molecule has 3 N–H and O–H groups in total. The molecule has 1 fully saturated rings. The van der Waals surface area contributed by atoms with Crippen molar-refractivity contribution in [3.63, 3.8) is 0 Å². The normalized spacial score (nSPS) is 20.0. The van der Waals surface area contributed by atoms with Crippen LogP contribution in [0.1, 0.15) is 40.6 Å². The van der Waals surface area contributed by atoms with E-state index in [0.717, 1.165) is 18.5 Å². The number of rotatable bonds is 1. The SMILES string of the molecule is NC(=NO)c1ncn2c1C1CCCN1C(=O)c1c(Cl)cccc1-2. The molecule has 1 amide bonds. The van der Waals surface area contributed by atoms with Gasteiger partial charge in [0.2, 0.25) is 0 Å². The Balaban J connectivity index is 2.06. The summed E-state index contributed by atoms with van der Waals surface area (Å²) in [6.45, 7) is 0.648. The Morgan fingerprint density at radius 1 is 1.48 bits per heavy atom. The highest BCUT2D eigenvalue weighted by Crippen LogP contribution is 2.41. The first kappa shape index (κ1) is 14.1. The topological polar surface area (TPSA) is 96.7 Å². The number of amidine groups is 1. The van der Waals surface area contributed by atoms with Crippen molar-refractivity contribution in [3.8, 4) is 5.69 Å². The van der Waals surface area contributed by atoms with Gasteiger partial charge >= 0.3 is 0 Å². The van der Waals surface area contributed by atoms with Crippen LogP contribution in [-0.2, 0) is 0 Å². The molecular weight excluding hydrogens is 318 g/mol. The minimum Gasteiger partial charge on any atom is -0.409 e. The van der Waals surface area contributed by atoms with Crippen molar-refractivity contribution in [3.05, 3.63) is 46.5 Å². The Labute approximate surface area is 137 Å². The van der Waals surface area contributed by atoms with Crippen LogP contribution in [0.5, 0.6) is 0 Å². The van der Waals surface area contributed by atoms with E-state index in [0.29, 0.717) is 28.5 Å². The third kappa shape index (κ3) is 1.86. The van der Waals surface area contributed by atoms with Gasteiger partial charge in [-0.2, -0.15) is 0 Å². The lowest BCUT2D eigenvalue weighted by Crippen LogP contribution is -2.31. The predicted octanol–water partition coefficient (Wildman–Crippen LogP) is 1.91. The van der Waals surface area contributed by atoms with E-state index >= 15 is 0 Å². The molecule has 0 aliphatic carbocycles. The molecule has 3 heterocycles. The van der Waals surface area contributed by atoms with Crippen LogP contribution in [0, 0.1) is 0 Å². The summed E-state index contributed by atoms with van der Waals surface area (Å²) < 4.78 is 1.82. The van der Waals surface area contributed by atoms with E-state index in [-0.39, 0.29) is 17.8 Å². The molecule has 2 aromatic rings. The molecule has 0 bridgehead atoms. The van der Waals surface area contributed by atoms with E-state index in [2.05, 4.69) is 10.1 Å². The minimum absolute atomic E-state index is 0.0662. The number of hydrogen-bond donors (Lipinski definition) is 2. The number of amides is 1. The molecule has 0 radical (unpaired) electrons. The largest absolute Gasteiger partial charge is 0.409 e. The molecule has 1 atom stereocenters. The Morgan fingerprint density at radius 2 is 2.30 bits per heavy atom. The molecule has 7 nitrogen and oxygen atoms in total. The van der Waals surface area contributed by atoms with Crippen molar-refractivity contribution >= 4 is 23.3 Å². The van der Waals surface area contributed by atoms with Crippen molar-refractivity contribution in [2.45, 2.75) is 18.9 Å². The fraction of sp³-hybridized carbons (Fsp3) is 0.267. The van der Waals surface area contributed by atoms with Gasteiger partial charge in [0.15, 0.2) is 5.84 Å². The van der Waals surface area contributed by atoms with Crippen LogP contribution in [0.25, 0.3) is 5.69 Å². The van der Waals surface area contributed by atoms with E-state index in [4.69, 9.17) is 22.5 Å². The number of carbonyl (C=O) groups excluding carboxylic acids is 1. The van der Waals surface area contributed by atoms with E-state index in [9.17, 15) is 4.79 Å². The van der Waals surface area contributed by atoms with E-state index < -0.39 is 0 Å². The standard InChI is InChI=1S/C15H14ClN5O2/c16-8-3-1-4-9-11(8)15(22)20-6-2-5-10(20)13-12(14(17)19-23)18-7-21(9)13/h1,3-4,7,10,23H,2,5-6H2,(H2,17,19). The second kappa shape index (κ2) is 4.99. The molecular formula is C15H14ClN5O2. The molecule has 8 heteroatoms. The summed E-state index contributed by atoms with van der Waals surface area (Å²) in [5.41, 5.74) is 8.05. The zero-order valence-electron chi connectivity index (χ0n) is 12.1. The summed E-state index contributed by atoms with van der Waals surface area (Å²) in [6, 6.07) is 5.15. The predicted molar refractivity (Wildman–Crippen MR) is 84.1 cm³/mol. The second-order valence-corrected chi connectivity index (χ2v) is 6.03. The van der Waals surface area contributed by atoms with Crippen molar-refractivity contribution in [2.75, 3.05) is 6.54 Å². The maximum Gasteiger partial charge on any atom is 0.258 e. The average molecular weight is 332 g/mol. The van der Waals surface area contributed by atoms with Crippen molar-refractivity contribution < 1.29 is 10.0 Å². The van der Waals surface area contributed by atoms with Gasteiger partial charge < -0.3 is 15.8 Å². The van der Waals surface area contributed by atoms with Gasteiger partial charge in [-0.25, -0.2) is 4.98 Å². The lowest BCUT2D eigenvalue weighted by atomic mass is 10.1. The summed E-state index contributed by atoms with van der Waals surface area (Å²) >= 11 is 6.29. The van der Waals surface area contributed by atoms with E-state index in [1.54, 1.807) is 23.4 Å². The van der Waals surface area contributed by atoms with Crippen LogP contribution < -0.4 is 5.73 Å². The third-order valence-corrected chi connectivity index (χ3v) is 4.76. The van der Waals surface area contributed by atoms with Gasteiger partial charge in [-0.1, -0.05) is 22.8 Å². The Morgan fingerprint density at radius 3 is 3.09 bits per heavy atom. The van der Waals surface area contributed by atoms with Crippen LogP contribution in [-0.4, -0.2) is 37.9 Å². The van der Waals surface area contributed by atoms with Gasteiger partial charge in [0, 0.05) is 6.54 Å². The van der Waals surface area contributed by atoms with Crippen molar-refractivity contribution in [2.24, 2.45) is 10.9 Å². The van der Waals surface area contributed by atoms with Gasteiger partial charge in [0.05, 0.1) is 28.0 Å². The highest BCUT2D eigenvalue weighted by Gasteiger charge is 2.40. The minimum atomic E-state index is -0.163. The summed E-state index contributed by atoms with van der Waals surface area (Å²) in [5.74, 6) is -0.161. The molecule has 118 valence electrons. The molecule has 1 saturated heterocycles. The highest BCUT2D eigenvalue weighted by atomic mass is 35.5. The molecule has 23 heavy (non-hydrogen) atoms. The lowest BCUT2D eigenvalue weighted by molar-refractivity contribution is 0.0738. The third-order valence-electron chi connectivity index (χ3n) is 4.45. The summed E-state index contributed by atoms with van der Waals surface area (Å²) in [6.07, 6.45) is 3.28. The van der Waals surface area contributed by atoms with Gasteiger partial charge in [-0.15, -0.1) is 0 Å². The van der Waals surface area contributed by atoms with Crippen molar-refractivity contribution in [1.82, 2.24) is 14.5 Å². The number of fused-ring (bicyclic) bond motifs is 5. The Hall–Kier alpha value is -2.54. The van der Waals surface area contributed by atoms with Crippen LogP contribution in [0.15, 0.2) is 29.7 Å². The van der Waals surface area contributed by atoms with Gasteiger partial charge in [0.25, 0.3) is 5.91 Å². The number of hydrogen-bond acceptors (Lipinski definition) is 4. The van der Waals surface area contributed by atoms with E-state index in [1.807, 2.05) is 10.6 Å². The first-order valence-corrected chi connectivity index (χ1v) is 7.66. The monoisotopic (exact) mass is 331 g/mol. The Kier molecular flexibility index (Phi) is 3.05.